The van der Waals surface area contributed by atoms with Gasteiger partial charge in [-0.3, -0.25) is 0 Å². The number of aliphatic imine (C=N–C) groups is 1. The first-order chi connectivity index (χ1) is 15.0. The monoisotopic (exact) mass is 502 g/mol. The molecule has 0 saturated heterocycles. The van der Waals surface area contributed by atoms with Crippen LogP contribution >= 0.6 is 27.7 Å². The Balaban J connectivity index is 1.62. The maximum Gasteiger partial charge on any atom is 0.338 e. The van der Waals surface area contributed by atoms with Crippen molar-refractivity contribution in [3.63, 3.8) is 0 Å². The Bertz CT molecular complexity index is 1120. The first kappa shape index (κ1) is 21.6. The van der Waals surface area contributed by atoms with Gasteiger partial charge in [-0.2, -0.15) is 0 Å². The molecule has 1 atom stereocenters. The Morgan fingerprint density at radius 1 is 1.29 bits per heavy atom. The summed E-state index contributed by atoms with van der Waals surface area (Å²) in [7, 11) is 0. The van der Waals surface area contributed by atoms with Crippen LogP contribution in [-0.4, -0.2) is 22.6 Å². The van der Waals surface area contributed by atoms with E-state index in [-0.39, 0.29) is 24.4 Å². The highest BCUT2D eigenvalue weighted by Gasteiger charge is 2.37. The van der Waals surface area contributed by atoms with Crippen molar-refractivity contribution in [3.05, 3.63) is 86.8 Å². The molecule has 2 aromatic carbocycles. The summed E-state index contributed by atoms with van der Waals surface area (Å²) in [5.74, 6) is -0.0430. The normalized spacial score (nSPS) is 17.5. The van der Waals surface area contributed by atoms with Gasteiger partial charge in [0.1, 0.15) is 18.2 Å². The summed E-state index contributed by atoms with van der Waals surface area (Å²) in [4.78, 5) is 19.3. The minimum Gasteiger partial charge on any atom is -0.488 e. The highest BCUT2D eigenvalue weighted by atomic mass is 79.9. The Kier molecular flexibility index (Phi) is 6.48. The zero-order chi connectivity index (χ0) is 22.0. The van der Waals surface area contributed by atoms with E-state index in [1.54, 1.807) is 13.0 Å². The SMILES string of the molecule is CCOC(=O)C1=C(C)N=C2SC=CN2[C@H]1c1ccc(OCc2cccc(F)c2)c(Br)c1. The molecule has 5 nitrogen and oxygen atoms in total. The van der Waals surface area contributed by atoms with E-state index in [0.29, 0.717) is 23.6 Å². The number of carbonyl (C=O) groups excluding carboxylic acids is 1. The molecule has 0 bridgehead atoms. The number of allylic oxidation sites excluding steroid dienone is 1. The van der Waals surface area contributed by atoms with Gasteiger partial charge in [0.05, 0.1) is 28.4 Å². The second kappa shape index (κ2) is 9.28. The number of ether oxygens (including phenoxy) is 2. The third-order valence-electron chi connectivity index (χ3n) is 4.87. The molecule has 0 radical (unpaired) electrons. The van der Waals surface area contributed by atoms with Gasteiger partial charge < -0.3 is 14.4 Å². The van der Waals surface area contributed by atoms with Gasteiger partial charge >= 0.3 is 5.97 Å². The molecule has 0 spiro atoms. The fourth-order valence-electron chi connectivity index (χ4n) is 3.49. The molecule has 4 rings (SSSR count). The molecule has 160 valence electrons. The van der Waals surface area contributed by atoms with Crippen LogP contribution in [0.25, 0.3) is 0 Å². The van der Waals surface area contributed by atoms with Gasteiger partial charge in [-0.25, -0.2) is 14.2 Å². The number of benzene rings is 2. The predicted octanol–water partition coefficient (Wildman–Crippen LogP) is 5.94. The fourth-order valence-corrected chi connectivity index (χ4v) is 4.79. The van der Waals surface area contributed by atoms with E-state index >= 15 is 0 Å². The largest absolute Gasteiger partial charge is 0.488 e. The molecule has 2 aromatic rings. The quantitative estimate of drug-likeness (QED) is 0.457. The number of hydrogen-bond acceptors (Lipinski definition) is 6. The lowest BCUT2D eigenvalue weighted by molar-refractivity contribution is -0.139. The molecule has 0 fully saturated rings. The minimum atomic E-state index is -0.374. The Labute approximate surface area is 192 Å². The van der Waals surface area contributed by atoms with E-state index in [1.165, 1.54) is 23.9 Å². The van der Waals surface area contributed by atoms with E-state index in [0.717, 1.165) is 20.8 Å². The molecule has 0 amide bonds. The molecule has 31 heavy (non-hydrogen) atoms. The lowest BCUT2D eigenvalue weighted by Crippen LogP contribution is -2.34. The number of hydrogen-bond donors (Lipinski definition) is 0. The zero-order valence-electron chi connectivity index (χ0n) is 17.0. The highest BCUT2D eigenvalue weighted by Crippen LogP contribution is 2.42. The van der Waals surface area contributed by atoms with E-state index < -0.39 is 0 Å². The topological polar surface area (TPSA) is 51.1 Å². The highest BCUT2D eigenvalue weighted by molar-refractivity contribution is 9.10. The molecular formula is C23H20BrFN2O3S. The molecule has 0 N–H and O–H groups in total. The zero-order valence-corrected chi connectivity index (χ0v) is 19.4. The fraction of sp³-hybridized carbons (Fsp3) is 0.217. The maximum atomic E-state index is 13.4. The summed E-state index contributed by atoms with van der Waals surface area (Å²) in [6.45, 7) is 4.15. The number of halogens is 2. The lowest BCUT2D eigenvalue weighted by atomic mass is 9.95. The van der Waals surface area contributed by atoms with Crippen molar-refractivity contribution in [1.82, 2.24) is 4.90 Å². The van der Waals surface area contributed by atoms with Crippen molar-refractivity contribution < 1.29 is 18.7 Å². The number of carbonyl (C=O) groups is 1. The van der Waals surface area contributed by atoms with Crippen LogP contribution in [0.5, 0.6) is 5.75 Å². The average molecular weight is 503 g/mol. The van der Waals surface area contributed by atoms with E-state index in [1.807, 2.05) is 47.7 Å². The third kappa shape index (κ3) is 4.55. The van der Waals surface area contributed by atoms with Gasteiger partial charge in [0.2, 0.25) is 0 Å². The summed E-state index contributed by atoms with van der Waals surface area (Å²) in [6, 6.07) is 11.6. The number of nitrogens with zero attached hydrogens (tertiary/aromatic N) is 2. The van der Waals surface area contributed by atoms with Crippen molar-refractivity contribution in [1.29, 1.82) is 0 Å². The Hall–Kier alpha value is -2.58. The number of fused-ring (bicyclic) bond motifs is 1. The molecule has 2 aliphatic rings. The second-order valence-electron chi connectivity index (χ2n) is 6.94. The van der Waals surface area contributed by atoms with Gasteiger partial charge in [-0.15, -0.1) is 0 Å². The predicted molar refractivity (Wildman–Crippen MR) is 123 cm³/mol. The second-order valence-corrected chi connectivity index (χ2v) is 8.66. The van der Waals surface area contributed by atoms with Crippen molar-refractivity contribution in [2.45, 2.75) is 26.5 Å². The average Bonchev–Trinajstić information content (AvgIpc) is 3.20. The Morgan fingerprint density at radius 2 is 2.13 bits per heavy atom. The minimum absolute atomic E-state index is 0.245. The molecule has 0 aliphatic carbocycles. The summed E-state index contributed by atoms with van der Waals surface area (Å²) >= 11 is 5.09. The molecule has 0 saturated carbocycles. The Morgan fingerprint density at radius 3 is 2.87 bits per heavy atom. The number of rotatable bonds is 6. The first-order valence-electron chi connectivity index (χ1n) is 9.73. The van der Waals surface area contributed by atoms with Crippen molar-refractivity contribution in [2.24, 2.45) is 4.99 Å². The van der Waals surface area contributed by atoms with Gasteiger partial charge in [-0.05, 0) is 70.6 Å². The van der Waals surface area contributed by atoms with Gasteiger partial charge in [0.15, 0.2) is 5.17 Å². The van der Waals surface area contributed by atoms with Crippen molar-refractivity contribution in [3.8, 4) is 5.75 Å². The van der Waals surface area contributed by atoms with Crippen LogP contribution in [-0.2, 0) is 16.1 Å². The summed E-state index contributed by atoms with van der Waals surface area (Å²) in [5.41, 5.74) is 2.80. The van der Waals surface area contributed by atoms with Crippen LogP contribution in [0.3, 0.4) is 0 Å². The molecule has 0 aromatic heterocycles. The van der Waals surface area contributed by atoms with Gasteiger partial charge in [-0.1, -0.05) is 30.0 Å². The van der Waals surface area contributed by atoms with Crippen molar-refractivity contribution in [2.75, 3.05) is 6.61 Å². The van der Waals surface area contributed by atoms with Gasteiger partial charge in [0, 0.05) is 6.20 Å². The number of amidine groups is 1. The van der Waals surface area contributed by atoms with E-state index in [2.05, 4.69) is 20.9 Å². The molecule has 8 heteroatoms. The molecule has 0 unspecified atom stereocenters. The molecule has 2 heterocycles. The number of thioether (sulfide) groups is 1. The lowest BCUT2D eigenvalue weighted by Gasteiger charge is -2.33. The standard InChI is InChI=1S/C23H20BrFN2O3S/c1-3-29-22(28)20-14(2)26-23-27(9-10-31-23)21(20)16-7-8-19(18(24)12-16)30-13-15-5-4-6-17(25)11-15/h4-12,21H,3,13H2,1-2H3/t21-/m0/s1. The maximum absolute atomic E-state index is 13.4. The summed E-state index contributed by atoms with van der Waals surface area (Å²) in [6.07, 6.45) is 1.92. The van der Waals surface area contributed by atoms with Crippen LogP contribution in [0.1, 0.15) is 31.0 Å². The summed E-state index contributed by atoms with van der Waals surface area (Å²) < 4.78 is 25.3. The summed E-state index contributed by atoms with van der Waals surface area (Å²) in [5, 5.41) is 2.76. The van der Waals surface area contributed by atoms with E-state index in [9.17, 15) is 9.18 Å². The third-order valence-corrected chi connectivity index (χ3v) is 6.26. The van der Waals surface area contributed by atoms with E-state index in [4.69, 9.17) is 9.47 Å². The van der Waals surface area contributed by atoms with Crippen LogP contribution in [0.15, 0.2) is 74.8 Å². The smallest absolute Gasteiger partial charge is 0.338 e. The van der Waals surface area contributed by atoms with Crippen molar-refractivity contribution >= 4 is 38.8 Å². The molecular weight excluding hydrogens is 483 g/mol. The molecule has 2 aliphatic heterocycles. The number of esters is 1. The van der Waals surface area contributed by atoms with Crippen LogP contribution in [0.4, 0.5) is 4.39 Å². The van der Waals surface area contributed by atoms with Crippen LogP contribution in [0, 0.1) is 5.82 Å². The van der Waals surface area contributed by atoms with Gasteiger partial charge in [0.25, 0.3) is 0 Å². The van der Waals surface area contributed by atoms with Crippen LogP contribution < -0.4 is 4.74 Å². The first-order valence-corrected chi connectivity index (χ1v) is 11.4. The van der Waals surface area contributed by atoms with Crippen LogP contribution in [0.2, 0.25) is 0 Å².